The number of methoxy groups -OCH3 is 1. The van der Waals surface area contributed by atoms with Crippen molar-refractivity contribution in [2.75, 3.05) is 7.11 Å². The largest absolute Gasteiger partial charge is 0.495 e. The first-order chi connectivity index (χ1) is 10.9. The van der Waals surface area contributed by atoms with Gasteiger partial charge in [-0.25, -0.2) is 13.1 Å². The topological polar surface area (TPSA) is 55.4 Å². The molecule has 0 saturated carbocycles. The fourth-order valence-electron chi connectivity index (χ4n) is 2.20. The van der Waals surface area contributed by atoms with E-state index in [4.69, 9.17) is 27.9 Å². The van der Waals surface area contributed by atoms with Gasteiger partial charge in [0.25, 0.3) is 0 Å². The van der Waals surface area contributed by atoms with Crippen LogP contribution in [0.25, 0.3) is 0 Å². The summed E-state index contributed by atoms with van der Waals surface area (Å²) >= 11 is 12.1. The van der Waals surface area contributed by atoms with Crippen LogP contribution < -0.4 is 9.46 Å². The zero-order valence-corrected chi connectivity index (χ0v) is 15.0. The smallest absolute Gasteiger partial charge is 0.242 e. The molecule has 0 saturated heterocycles. The second-order valence-electron chi connectivity index (χ2n) is 4.89. The van der Waals surface area contributed by atoms with Crippen molar-refractivity contribution in [2.45, 2.75) is 24.3 Å². The maximum atomic E-state index is 12.7. The average Bonchev–Trinajstić information content (AvgIpc) is 2.55. The third-order valence-corrected chi connectivity index (χ3v) is 5.92. The van der Waals surface area contributed by atoms with Gasteiger partial charge in [0, 0.05) is 6.04 Å². The van der Waals surface area contributed by atoms with Crippen molar-refractivity contribution < 1.29 is 13.2 Å². The normalized spacial score (nSPS) is 12.9. The second-order valence-corrected chi connectivity index (χ2v) is 7.33. The highest BCUT2D eigenvalue weighted by Crippen LogP contribution is 2.37. The van der Waals surface area contributed by atoms with E-state index in [1.807, 2.05) is 37.3 Å². The van der Waals surface area contributed by atoms with Crippen molar-refractivity contribution in [2.24, 2.45) is 0 Å². The van der Waals surface area contributed by atoms with Gasteiger partial charge in [-0.1, -0.05) is 60.5 Å². The van der Waals surface area contributed by atoms with E-state index >= 15 is 0 Å². The summed E-state index contributed by atoms with van der Waals surface area (Å²) in [6.45, 7) is 1.91. The van der Waals surface area contributed by atoms with E-state index in [1.54, 1.807) is 0 Å². The van der Waals surface area contributed by atoms with E-state index in [9.17, 15) is 8.42 Å². The van der Waals surface area contributed by atoms with Gasteiger partial charge >= 0.3 is 0 Å². The lowest BCUT2D eigenvalue weighted by Gasteiger charge is -2.18. The van der Waals surface area contributed by atoms with Crippen molar-refractivity contribution in [1.29, 1.82) is 0 Å². The zero-order chi connectivity index (χ0) is 17.0. The van der Waals surface area contributed by atoms with Crippen molar-refractivity contribution in [1.82, 2.24) is 4.72 Å². The van der Waals surface area contributed by atoms with Gasteiger partial charge in [-0.15, -0.1) is 0 Å². The number of hydrogen-bond donors (Lipinski definition) is 1. The van der Waals surface area contributed by atoms with Crippen LogP contribution in [0.3, 0.4) is 0 Å². The molecule has 0 spiro atoms. The van der Waals surface area contributed by atoms with Crippen LogP contribution in [0.4, 0.5) is 0 Å². The molecule has 0 aliphatic heterocycles. The molecule has 7 heteroatoms. The molecule has 0 aliphatic rings. The minimum atomic E-state index is -3.82. The number of benzene rings is 2. The first-order valence-corrected chi connectivity index (χ1v) is 9.24. The van der Waals surface area contributed by atoms with Crippen molar-refractivity contribution >= 4 is 33.2 Å². The number of hydrogen-bond acceptors (Lipinski definition) is 3. The number of rotatable bonds is 6. The van der Waals surface area contributed by atoms with E-state index < -0.39 is 10.0 Å². The van der Waals surface area contributed by atoms with Gasteiger partial charge in [-0.2, -0.15) is 0 Å². The summed E-state index contributed by atoms with van der Waals surface area (Å²) in [5.74, 6) is 0.325. The lowest BCUT2D eigenvalue weighted by Crippen LogP contribution is -2.28. The molecular formula is C16H17Cl2NO3S. The molecule has 23 heavy (non-hydrogen) atoms. The highest BCUT2D eigenvalue weighted by Gasteiger charge is 2.25. The highest BCUT2D eigenvalue weighted by molar-refractivity contribution is 7.89. The Bertz CT molecular complexity index is 779. The summed E-state index contributed by atoms with van der Waals surface area (Å²) in [7, 11) is -2.38. The van der Waals surface area contributed by atoms with E-state index in [1.165, 1.54) is 19.2 Å². The monoisotopic (exact) mass is 373 g/mol. The first-order valence-electron chi connectivity index (χ1n) is 7.00. The molecule has 1 N–H and O–H groups in total. The van der Waals surface area contributed by atoms with E-state index in [0.29, 0.717) is 12.2 Å². The Kier molecular flexibility index (Phi) is 5.92. The summed E-state index contributed by atoms with van der Waals surface area (Å²) in [5.41, 5.74) is 0.884. The number of halogens is 2. The minimum Gasteiger partial charge on any atom is -0.495 e. The van der Waals surface area contributed by atoms with Gasteiger partial charge in [0.05, 0.1) is 12.1 Å². The third kappa shape index (κ3) is 3.98. The van der Waals surface area contributed by atoms with Crippen LogP contribution in [0.2, 0.25) is 10.0 Å². The molecule has 0 unspecified atom stereocenters. The minimum absolute atomic E-state index is 0.0542. The van der Waals surface area contributed by atoms with Gasteiger partial charge in [0.2, 0.25) is 10.0 Å². The van der Waals surface area contributed by atoms with E-state index in [0.717, 1.165) is 5.56 Å². The van der Waals surface area contributed by atoms with Crippen LogP contribution in [-0.2, 0) is 10.0 Å². The Morgan fingerprint density at radius 3 is 2.30 bits per heavy atom. The van der Waals surface area contributed by atoms with E-state index in [-0.39, 0.29) is 21.0 Å². The second kappa shape index (κ2) is 7.53. The predicted octanol–water partition coefficient (Wildman–Crippen LogP) is 4.43. The maximum Gasteiger partial charge on any atom is 0.242 e. The number of ether oxygens (including phenoxy) is 1. The summed E-state index contributed by atoms with van der Waals surface area (Å²) < 4.78 is 33.0. The summed E-state index contributed by atoms with van der Waals surface area (Å²) in [6, 6.07) is 11.9. The number of sulfonamides is 1. The highest BCUT2D eigenvalue weighted by atomic mass is 35.5. The van der Waals surface area contributed by atoms with Crippen LogP contribution >= 0.6 is 23.2 Å². The quantitative estimate of drug-likeness (QED) is 0.814. The summed E-state index contributed by atoms with van der Waals surface area (Å²) in [6.07, 6.45) is 0.602. The van der Waals surface area contributed by atoms with Gasteiger partial charge in [-0.05, 0) is 24.1 Å². The summed E-state index contributed by atoms with van der Waals surface area (Å²) in [4.78, 5) is -0.0700. The predicted molar refractivity (Wildman–Crippen MR) is 92.8 cm³/mol. The third-order valence-electron chi connectivity index (χ3n) is 3.43. The van der Waals surface area contributed by atoms with Crippen molar-refractivity contribution in [3.63, 3.8) is 0 Å². The SMILES string of the molecule is CC[C@@H](NS(=O)(=O)c1ccc(OC)c(Cl)c1Cl)c1ccccc1. The standard InChI is InChI=1S/C16H17Cl2NO3S/c1-3-12(11-7-5-4-6-8-11)19-23(20,21)14-10-9-13(22-2)15(17)16(14)18/h4-10,12,19H,3H2,1-2H3/t12-/m1/s1. The Morgan fingerprint density at radius 2 is 1.74 bits per heavy atom. The fraction of sp³-hybridized carbons (Fsp3) is 0.250. The number of nitrogens with one attached hydrogen (secondary N) is 1. The summed E-state index contributed by atoms with van der Waals surface area (Å²) in [5, 5.41) is 0.0197. The van der Waals surface area contributed by atoms with Crippen LogP contribution in [0.5, 0.6) is 5.75 Å². The van der Waals surface area contributed by atoms with Gasteiger partial charge < -0.3 is 4.74 Å². The van der Waals surface area contributed by atoms with Crippen LogP contribution in [-0.4, -0.2) is 15.5 Å². The molecule has 0 aliphatic carbocycles. The molecule has 2 aromatic rings. The molecule has 1 atom stereocenters. The molecular weight excluding hydrogens is 357 g/mol. The molecule has 0 radical (unpaired) electrons. The van der Waals surface area contributed by atoms with Crippen LogP contribution in [0, 0.1) is 0 Å². The lowest BCUT2D eigenvalue weighted by molar-refractivity contribution is 0.414. The average molecular weight is 374 g/mol. The zero-order valence-electron chi connectivity index (χ0n) is 12.7. The molecule has 4 nitrogen and oxygen atoms in total. The molecule has 0 heterocycles. The molecule has 0 fully saturated rings. The van der Waals surface area contributed by atoms with Gasteiger partial charge in [0.15, 0.2) is 0 Å². The van der Waals surface area contributed by atoms with E-state index in [2.05, 4.69) is 4.72 Å². The van der Waals surface area contributed by atoms with Gasteiger partial charge in [0.1, 0.15) is 15.7 Å². The van der Waals surface area contributed by atoms with Gasteiger partial charge in [-0.3, -0.25) is 0 Å². The fourth-order valence-corrected chi connectivity index (χ4v) is 4.35. The maximum absolute atomic E-state index is 12.7. The van der Waals surface area contributed by atoms with Crippen molar-refractivity contribution in [3.05, 3.63) is 58.1 Å². The molecule has 2 rings (SSSR count). The molecule has 0 bridgehead atoms. The van der Waals surface area contributed by atoms with Crippen LogP contribution in [0.1, 0.15) is 24.9 Å². The lowest BCUT2D eigenvalue weighted by atomic mass is 10.1. The molecule has 0 amide bonds. The van der Waals surface area contributed by atoms with Crippen molar-refractivity contribution in [3.8, 4) is 5.75 Å². The molecule has 124 valence electrons. The Labute approximate surface area is 146 Å². The van der Waals surface area contributed by atoms with Crippen LogP contribution in [0.15, 0.2) is 47.4 Å². The first kappa shape index (κ1) is 18.1. The Balaban J connectivity index is 2.37. The molecule has 0 aromatic heterocycles. The molecule has 2 aromatic carbocycles. The Morgan fingerprint density at radius 1 is 1.09 bits per heavy atom. The Hall–Kier alpha value is -1.27.